The van der Waals surface area contributed by atoms with Gasteiger partial charge in [0.1, 0.15) is 23.7 Å². The number of amides is 2. The van der Waals surface area contributed by atoms with Crippen molar-refractivity contribution in [3.8, 4) is 33.6 Å². The Labute approximate surface area is 343 Å². The highest BCUT2D eigenvalue weighted by atomic mass is 19.4. The molecule has 4 atom stereocenters. The van der Waals surface area contributed by atoms with E-state index in [0.29, 0.717) is 22.5 Å². The number of hydrogen-bond acceptors (Lipinski definition) is 8. The Hall–Kier alpha value is -5.68. The first-order valence-corrected chi connectivity index (χ1v) is 19.4. The standard InChI is InChI=1S/C42H50F6N6O6/c1-23(2)35(39(57)59-5)53-33(55)19-29(15-17-41(43,44)45)37-49-21-31(51-37)27-11-7-25(8-12-27)26-9-13-28(14-10-26)32-22-50-38(52-32)30(16-18-42(46,47)48)20-34(56)54-36(24(3)4)40(58)60-6/h7-14,21-24,29-30,35-36H,15-20H2,1-6H3,(H,49,51)(H,50,52)(H,53,55)(H,54,56)/t29-,30-,35+,36+/m1/s1. The number of imidazole rings is 2. The maximum atomic E-state index is 13.2. The fraction of sp³-hybridized carbons (Fsp3) is 0.476. The minimum absolute atomic E-state index is 0.193. The topological polar surface area (TPSA) is 168 Å². The highest BCUT2D eigenvalue weighted by Crippen LogP contribution is 2.34. The smallest absolute Gasteiger partial charge is 0.389 e. The van der Waals surface area contributed by atoms with Crippen molar-refractivity contribution in [3.05, 3.63) is 72.6 Å². The summed E-state index contributed by atoms with van der Waals surface area (Å²) in [5.74, 6) is -4.64. The SMILES string of the molecule is COC(=O)[C@@H](NC(=O)C[C@@H](CCC(F)(F)F)c1ncc(-c2ccc(-c3ccc(-c4cnc([C@H](CCC(F)(F)F)CC(=O)N[C@H](C(=O)OC)C(C)C)[nH]4)cc3)cc2)[nH]1)C(C)C. The highest BCUT2D eigenvalue weighted by molar-refractivity contribution is 5.85. The summed E-state index contributed by atoms with van der Waals surface area (Å²) in [6.45, 7) is 6.82. The number of H-pyrrole nitrogens is 2. The molecule has 2 aromatic carbocycles. The number of nitrogens with zero attached hydrogens (tertiary/aromatic N) is 2. The maximum absolute atomic E-state index is 13.2. The average Bonchev–Trinajstić information content (AvgIpc) is 3.89. The zero-order chi connectivity index (χ0) is 44.4. The minimum atomic E-state index is -4.46. The summed E-state index contributed by atoms with van der Waals surface area (Å²) in [5, 5.41) is 5.14. The second-order valence-electron chi connectivity index (χ2n) is 15.3. The third kappa shape index (κ3) is 13.7. The Kier molecular flexibility index (Phi) is 16.1. The molecule has 0 radical (unpaired) electrons. The first-order valence-electron chi connectivity index (χ1n) is 19.4. The molecule has 12 nitrogen and oxygen atoms in total. The van der Waals surface area contributed by atoms with E-state index in [0.717, 1.165) is 11.1 Å². The van der Waals surface area contributed by atoms with Gasteiger partial charge in [0.05, 0.1) is 38.0 Å². The number of esters is 2. The van der Waals surface area contributed by atoms with Crippen LogP contribution in [0.4, 0.5) is 26.3 Å². The van der Waals surface area contributed by atoms with Crippen LogP contribution in [0.25, 0.3) is 33.6 Å². The number of aromatic nitrogens is 4. The van der Waals surface area contributed by atoms with Crippen LogP contribution in [0, 0.1) is 11.8 Å². The number of hydrogen-bond donors (Lipinski definition) is 4. The van der Waals surface area contributed by atoms with Crippen molar-refractivity contribution in [3.63, 3.8) is 0 Å². The molecule has 0 unspecified atom stereocenters. The number of benzene rings is 2. The van der Waals surface area contributed by atoms with E-state index in [1.807, 2.05) is 24.3 Å². The van der Waals surface area contributed by atoms with Crippen molar-refractivity contribution in [2.24, 2.45) is 11.8 Å². The fourth-order valence-electron chi connectivity index (χ4n) is 6.57. The third-order valence-electron chi connectivity index (χ3n) is 9.98. The highest BCUT2D eigenvalue weighted by Gasteiger charge is 2.34. The molecule has 0 spiro atoms. The van der Waals surface area contributed by atoms with Gasteiger partial charge in [0.15, 0.2) is 0 Å². The van der Waals surface area contributed by atoms with E-state index in [2.05, 4.69) is 30.6 Å². The molecular weight excluding hydrogens is 798 g/mol. The number of alkyl halides is 6. The number of methoxy groups -OCH3 is 2. The van der Waals surface area contributed by atoms with Gasteiger partial charge in [-0.2, -0.15) is 26.3 Å². The molecule has 4 aromatic rings. The molecule has 0 aliphatic rings. The lowest BCUT2D eigenvalue weighted by molar-refractivity contribution is -0.147. The van der Waals surface area contributed by atoms with E-state index in [1.54, 1.807) is 52.0 Å². The number of carbonyl (C=O) groups is 4. The molecule has 0 bridgehead atoms. The first kappa shape index (κ1) is 47.0. The number of rotatable bonds is 19. The van der Waals surface area contributed by atoms with Gasteiger partial charge in [-0.1, -0.05) is 76.2 Å². The van der Waals surface area contributed by atoms with Gasteiger partial charge in [0.25, 0.3) is 0 Å². The van der Waals surface area contributed by atoms with E-state index in [9.17, 15) is 45.5 Å². The van der Waals surface area contributed by atoms with Crippen molar-refractivity contribution in [1.82, 2.24) is 30.6 Å². The number of nitrogens with one attached hydrogen (secondary N) is 4. The number of aromatic amines is 2. The second kappa shape index (κ2) is 20.5. The molecular formula is C42H50F6N6O6. The van der Waals surface area contributed by atoms with Crippen molar-refractivity contribution < 1.29 is 55.0 Å². The Morgan fingerprint density at radius 1 is 0.583 bits per heavy atom. The van der Waals surface area contributed by atoms with Crippen molar-refractivity contribution in [2.45, 2.75) is 102 Å². The van der Waals surface area contributed by atoms with Gasteiger partial charge in [-0.05, 0) is 46.9 Å². The predicted octanol–water partition coefficient (Wildman–Crippen LogP) is 8.39. The molecule has 2 amide bonds. The van der Waals surface area contributed by atoms with Crippen LogP contribution in [-0.2, 0) is 28.7 Å². The average molecular weight is 849 g/mol. The number of ether oxygens (including phenoxy) is 2. The number of carbonyl (C=O) groups excluding carboxylic acids is 4. The van der Waals surface area contributed by atoms with Gasteiger partial charge in [0, 0.05) is 37.5 Å². The lowest BCUT2D eigenvalue weighted by Gasteiger charge is -2.21. The van der Waals surface area contributed by atoms with Crippen LogP contribution in [0.2, 0.25) is 0 Å². The summed E-state index contributed by atoms with van der Waals surface area (Å²) >= 11 is 0. The molecule has 2 aromatic heterocycles. The molecule has 2 heterocycles. The Balaban J connectivity index is 1.47. The van der Waals surface area contributed by atoms with Crippen LogP contribution in [0.3, 0.4) is 0 Å². The van der Waals surface area contributed by atoms with Crippen molar-refractivity contribution in [1.29, 1.82) is 0 Å². The largest absolute Gasteiger partial charge is 0.467 e. The fourth-order valence-corrected chi connectivity index (χ4v) is 6.57. The molecule has 326 valence electrons. The van der Waals surface area contributed by atoms with Gasteiger partial charge in [-0.15, -0.1) is 0 Å². The minimum Gasteiger partial charge on any atom is -0.467 e. The van der Waals surface area contributed by atoms with Crippen LogP contribution in [-0.4, -0.2) is 82.3 Å². The van der Waals surface area contributed by atoms with Crippen LogP contribution in [0.1, 0.15) is 89.7 Å². The molecule has 4 N–H and O–H groups in total. The molecule has 18 heteroatoms. The summed E-state index contributed by atoms with van der Waals surface area (Å²) in [6, 6.07) is 12.6. The first-order chi connectivity index (χ1) is 28.2. The van der Waals surface area contributed by atoms with E-state index in [4.69, 9.17) is 9.47 Å². The zero-order valence-electron chi connectivity index (χ0n) is 34.1. The molecule has 0 saturated carbocycles. The Morgan fingerprint density at radius 3 is 1.18 bits per heavy atom. The molecule has 4 rings (SSSR count). The van der Waals surface area contributed by atoms with Crippen molar-refractivity contribution in [2.75, 3.05) is 14.2 Å². The monoisotopic (exact) mass is 848 g/mol. The van der Waals surface area contributed by atoms with Crippen LogP contribution >= 0.6 is 0 Å². The number of halogens is 6. The summed E-state index contributed by atoms with van der Waals surface area (Å²) in [5.41, 5.74) is 4.05. The lowest BCUT2D eigenvalue weighted by atomic mass is 9.96. The van der Waals surface area contributed by atoms with Crippen molar-refractivity contribution >= 4 is 23.8 Å². The summed E-state index contributed by atoms with van der Waals surface area (Å²) in [7, 11) is 2.36. The van der Waals surface area contributed by atoms with E-state index >= 15 is 0 Å². The van der Waals surface area contributed by atoms with E-state index < -0.39 is 85.7 Å². The van der Waals surface area contributed by atoms with Gasteiger partial charge in [-0.25, -0.2) is 19.6 Å². The van der Waals surface area contributed by atoms with Gasteiger partial charge < -0.3 is 30.1 Å². The van der Waals surface area contributed by atoms with Gasteiger partial charge in [0.2, 0.25) is 11.8 Å². The second-order valence-corrected chi connectivity index (χ2v) is 15.3. The summed E-state index contributed by atoms with van der Waals surface area (Å²) < 4.78 is 89.0. The van der Waals surface area contributed by atoms with Gasteiger partial charge >= 0.3 is 24.3 Å². The molecule has 0 aliphatic carbocycles. The van der Waals surface area contributed by atoms with E-state index in [-0.39, 0.29) is 36.3 Å². The molecule has 0 aliphatic heterocycles. The van der Waals surface area contributed by atoms with Gasteiger partial charge in [-0.3, -0.25) is 9.59 Å². The normalized spacial score (nSPS) is 14.0. The molecule has 0 saturated heterocycles. The molecule has 60 heavy (non-hydrogen) atoms. The Morgan fingerprint density at radius 2 is 0.900 bits per heavy atom. The third-order valence-corrected chi connectivity index (χ3v) is 9.98. The van der Waals surface area contributed by atoms with Crippen LogP contribution in [0.15, 0.2) is 60.9 Å². The van der Waals surface area contributed by atoms with E-state index in [1.165, 1.54) is 26.6 Å². The predicted molar refractivity (Wildman–Crippen MR) is 210 cm³/mol. The maximum Gasteiger partial charge on any atom is 0.389 e. The quantitative estimate of drug-likeness (QED) is 0.0539. The van der Waals surface area contributed by atoms with Crippen LogP contribution < -0.4 is 10.6 Å². The zero-order valence-corrected chi connectivity index (χ0v) is 34.1. The lowest BCUT2D eigenvalue weighted by Crippen LogP contribution is -2.45. The Bertz CT molecular complexity index is 1900. The summed E-state index contributed by atoms with van der Waals surface area (Å²) in [6.07, 6.45) is -9.73. The summed E-state index contributed by atoms with van der Waals surface area (Å²) in [4.78, 5) is 64.9. The van der Waals surface area contributed by atoms with Crippen LogP contribution in [0.5, 0.6) is 0 Å². The molecule has 0 fully saturated rings.